The quantitative estimate of drug-likeness (QED) is 0.914. The first-order valence-electron chi connectivity index (χ1n) is 5.91. The van der Waals surface area contributed by atoms with Crippen molar-refractivity contribution in [1.29, 1.82) is 0 Å². The summed E-state index contributed by atoms with van der Waals surface area (Å²) in [6.07, 6.45) is 0.745. The fourth-order valence-corrected chi connectivity index (χ4v) is 2.30. The number of hydrogen-bond donors (Lipinski definition) is 1. The van der Waals surface area contributed by atoms with Crippen LogP contribution in [0, 0.1) is 0 Å². The van der Waals surface area contributed by atoms with Crippen molar-refractivity contribution in [2.24, 2.45) is 0 Å². The van der Waals surface area contributed by atoms with Gasteiger partial charge in [0.2, 0.25) is 0 Å². The number of alkyl halides is 2. The Bertz CT molecular complexity index is 438. The molecule has 4 nitrogen and oxygen atoms in total. The smallest absolute Gasteiger partial charge is 0.387 e. The summed E-state index contributed by atoms with van der Waals surface area (Å²) in [5.41, 5.74) is -0.411. The van der Waals surface area contributed by atoms with Gasteiger partial charge < -0.3 is 14.6 Å². The first-order chi connectivity index (χ1) is 9.04. The predicted octanol–water partition coefficient (Wildman–Crippen LogP) is 2.42. The van der Waals surface area contributed by atoms with Gasteiger partial charge >= 0.3 is 12.6 Å². The summed E-state index contributed by atoms with van der Waals surface area (Å²) in [4.78, 5) is 11.5. The first kappa shape index (κ1) is 13.7. The van der Waals surface area contributed by atoms with Crippen molar-refractivity contribution >= 4 is 5.97 Å². The summed E-state index contributed by atoms with van der Waals surface area (Å²) < 4.78 is 33.5. The monoisotopic (exact) mass is 272 g/mol. The molecule has 19 heavy (non-hydrogen) atoms. The average molecular weight is 272 g/mol. The van der Waals surface area contributed by atoms with Crippen molar-refractivity contribution in [2.45, 2.75) is 24.9 Å². The molecule has 1 heterocycles. The number of hydrogen-bond acceptors (Lipinski definition) is 3. The lowest BCUT2D eigenvalue weighted by molar-refractivity contribution is -0.147. The Morgan fingerprint density at radius 2 is 1.84 bits per heavy atom. The highest BCUT2D eigenvalue weighted by Gasteiger charge is 2.41. The second-order valence-corrected chi connectivity index (χ2v) is 4.40. The Morgan fingerprint density at radius 1 is 1.26 bits per heavy atom. The number of rotatable bonds is 4. The molecule has 1 aliphatic rings. The Balaban J connectivity index is 2.25. The standard InChI is InChI=1S/C13H14F2O4/c14-12(15)19-10-3-1-9(2-4-10)13(11(16)17)5-7-18-8-6-13/h1-4,12H,5-8H2,(H,16,17). The highest BCUT2D eigenvalue weighted by Crippen LogP contribution is 2.36. The highest BCUT2D eigenvalue weighted by atomic mass is 19.3. The van der Waals surface area contributed by atoms with E-state index in [0.717, 1.165) is 0 Å². The van der Waals surface area contributed by atoms with Crippen molar-refractivity contribution in [3.05, 3.63) is 29.8 Å². The number of benzene rings is 1. The molecule has 6 heteroatoms. The van der Waals surface area contributed by atoms with E-state index in [9.17, 15) is 18.7 Å². The van der Waals surface area contributed by atoms with Gasteiger partial charge in [0.05, 0.1) is 5.41 Å². The maximum absolute atomic E-state index is 12.0. The van der Waals surface area contributed by atoms with E-state index in [1.807, 2.05) is 0 Å². The molecule has 104 valence electrons. The SMILES string of the molecule is O=C(O)C1(c2ccc(OC(F)F)cc2)CCOCC1. The van der Waals surface area contributed by atoms with Gasteiger partial charge in [-0.25, -0.2) is 0 Å². The lowest BCUT2D eigenvalue weighted by Crippen LogP contribution is -2.41. The van der Waals surface area contributed by atoms with Gasteiger partial charge in [0.25, 0.3) is 0 Å². The van der Waals surface area contributed by atoms with Crippen LogP contribution in [0.4, 0.5) is 8.78 Å². The molecule has 1 aliphatic heterocycles. The van der Waals surface area contributed by atoms with Gasteiger partial charge in [-0.05, 0) is 30.5 Å². The Hall–Kier alpha value is -1.69. The fraction of sp³-hybridized carbons (Fsp3) is 0.462. The predicted molar refractivity (Wildman–Crippen MR) is 62.4 cm³/mol. The highest BCUT2D eigenvalue weighted by molar-refractivity contribution is 5.81. The summed E-state index contributed by atoms with van der Waals surface area (Å²) in [6.45, 7) is -2.13. The molecule has 0 atom stereocenters. The molecule has 1 aromatic rings. The van der Waals surface area contributed by atoms with Crippen molar-refractivity contribution in [3.63, 3.8) is 0 Å². The zero-order valence-corrected chi connectivity index (χ0v) is 10.1. The number of aliphatic carboxylic acids is 1. The van der Waals surface area contributed by atoms with Crippen molar-refractivity contribution in [2.75, 3.05) is 13.2 Å². The van der Waals surface area contributed by atoms with Crippen LogP contribution in [-0.4, -0.2) is 30.9 Å². The third-order valence-corrected chi connectivity index (χ3v) is 3.39. The van der Waals surface area contributed by atoms with E-state index in [4.69, 9.17) is 4.74 Å². The molecule has 0 amide bonds. The zero-order chi connectivity index (χ0) is 13.9. The molecule has 1 N–H and O–H groups in total. The van der Waals surface area contributed by atoms with Gasteiger partial charge in [0, 0.05) is 13.2 Å². The third-order valence-electron chi connectivity index (χ3n) is 3.39. The fourth-order valence-electron chi connectivity index (χ4n) is 2.30. The van der Waals surface area contributed by atoms with E-state index in [0.29, 0.717) is 31.6 Å². The van der Waals surface area contributed by atoms with E-state index in [-0.39, 0.29) is 5.75 Å². The van der Waals surface area contributed by atoms with Crippen LogP contribution in [0.1, 0.15) is 18.4 Å². The molecule has 0 bridgehead atoms. The number of carboxylic acids is 1. The molecule has 0 aromatic heterocycles. The minimum Gasteiger partial charge on any atom is -0.481 e. The molecule has 0 aliphatic carbocycles. The van der Waals surface area contributed by atoms with Crippen molar-refractivity contribution < 1.29 is 28.2 Å². The second-order valence-electron chi connectivity index (χ2n) is 4.40. The summed E-state index contributed by atoms with van der Waals surface area (Å²) in [7, 11) is 0. The van der Waals surface area contributed by atoms with Crippen LogP contribution < -0.4 is 4.74 Å². The number of carboxylic acid groups (broad SMARTS) is 1. The molecule has 1 fully saturated rings. The minimum atomic E-state index is -2.89. The minimum absolute atomic E-state index is 0.0198. The molecule has 2 rings (SSSR count). The largest absolute Gasteiger partial charge is 0.481 e. The molecule has 0 saturated carbocycles. The maximum atomic E-state index is 12.0. The zero-order valence-electron chi connectivity index (χ0n) is 10.1. The molecule has 0 unspecified atom stereocenters. The van der Waals surface area contributed by atoms with Crippen LogP contribution in [-0.2, 0) is 14.9 Å². The molecular formula is C13H14F2O4. The van der Waals surface area contributed by atoms with Gasteiger partial charge in [-0.3, -0.25) is 4.79 Å². The third kappa shape index (κ3) is 2.84. The summed E-state index contributed by atoms with van der Waals surface area (Å²) in [6, 6.07) is 5.78. The van der Waals surface area contributed by atoms with Gasteiger partial charge in [-0.15, -0.1) is 0 Å². The topological polar surface area (TPSA) is 55.8 Å². The number of halogens is 2. The molecule has 0 spiro atoms. The van der Waals surface area contributed by atoms with Crippen LogP contribution in [0.25, 0.3) is 0 Å². The first-order valence-corrected chi connectivity index (χ1v) is 5.91. The van der Waals surface area contributed by atoms with Gasteiger partial charge in [-0.2, -0.15) is 8.78 Å². The van der Waals surface area contributed by atoms with Crippen molar-refractivity contribution in [3.8, 4) is 5.75 Å². The molecule has 1 aromatic carbocycles. The van der Waals surface area contributed by atoms with Crippen LogP contribution in [0.2, 0.25) is 0 Å². The molecule has 1 saturated heterocycles. The number of carbonyl (C=O) groups is 1. The van der Waals surface area contributed by atoms with Gasteiger partial charge in [0.15, 0.2) is 0 Å². The van der Waals surface area contributed by atoms with E-state index in [1.165, 1.54) is 24.3 Å². The second kappa shape index (κ2) is 5.52. The number of ether oxygens (including phenoxy) is 2. The van der Waals surface area contributed by atoms with Gasteiger partial charge in [0.1, 0.15) is 5.75 Å². The van der Waals surface area contributed by atoms with Crippen LogP contribution in [0.5, 0.6) is 5.75 Å². The summed E-state index contributed by atoms with van der Waals surface area (Å²) in [5, 5.41) is 9.45. The molecule has 0 radical (unpaired) electrons. The van der Waals surface area contributed by atoms with E-state index < -0.39 is 18.0 Å². The van der Waals surface area contributed by atoms with Gasteiger partial charge in [-0.1, -0.05) is 12.1 Å². The lowest BCUT2D eigenvalue weighted by Gasteiger charge is -2.33. The van der Waals surface area contributed by atoms with Crippen molar-refractivity contribution in [1.82, 2.24) is 0 Å². The lowest BCUT2D eigenvalue weighted by atomic mass is 9.74. The van der Waals surface area contributed by atoms with Crippen LogP contribution in [0.15, 0.2) is 24.3 Å². The van der Waals surface area contributed by atoms with E-state index in [2.05, 4.69) is 4.74 Å². The Labute approximate surface area is 108 Å². The van der Waals surface area contributed by atoms with E-state index in [1.54, 1.807) is 0 Å². The normalized spacial score (nSPS) is 18.3. The van der Waals surface area contributed by atoms with Crippen LogP contribution in [0.3, 0.4) is 0 Å². The Morgan fingerprint density at radius 3 is 2.32 bits per heavy atom. The maximum Gasteiger partial charge on any atom is 0.387 e. The summed E-state index contributed by atoms with van der Waals surface area (Å²) >= 11 is 0. The molecular weight excluding hydrogens is 258 g/mol. The van der Waals surface area contributed by atoms with Crippen LogP contribution >= 0.6 is 0 Å². The average Bonchev–Trinajstić information content (AvgIpc) is 2.39. The van der Waals surface area contributed by atoms with E-state index >= 15 is 0 Å². The Kier molecular flexibility index (Phi) is 3.99. The summed E-state index contributed by atoms with van der Waals surface area (Å²) in [5.74, 6) is -0.898.